The molecule has 2 atom stereocenters. The van der Waals surface area contributed by atoms with Gasteiger partial charge < -0.3 is 9.47 Å². The van der Waals surface area contributed by atoms with Gasteiger partial charge in [0.1, 0.15) is 6.33 Å². The van der Waals surface area contributed by atoms with Crippen LogP contribution in [0, 0.1) is 5.92 Å². The minimum Gasteiger partial charge on any atom is -0.338 e. The predicted molar refractivity (Wildman–Crippen MR) is 101 cm³/mol. The highest BCUT2D eigenvalue weighted by Gasteiger charge is 2.36. The van der Waals surface area contributed by atoms with Gasteiger partial charge in [-0.3, -0.25) is 9.59 Å². The third-order valence-corrected chi connectivity index (χ3v) is 5.70. The van der Waals surface area contributed by atoms with E-state index in [1.165, 1.54) is 0 Å². The first-order valence-electron chi connectivity index (χ1n) is 9.46. The topological polar surface area (TPSA) is 85.9 Å². The van der Waals surface area contributed by atoms with Crippen LogP contribution in [0.2, 0.25) is 0 Å². The maximum Gasteiger partial charge on any atom is 0.253 e. The van der Waals surface area contributed by atoms with E-state index in [1.54, 1.807) is 17.1 Å². The lowest BCUT2D eigenvalue weighted by Crippen LogP contribution is -2.49. The van der Waals surface area contributed by atoms with Crippen molar-refractivity contribution in [3.05, 3.63) is 76.0 Å². The van der Waals surface area contributed by atoms with Crippen molar-refractivity contribution in [2.45, 2.75) is 25.4 Å². The zero-order chi connectivity index (χ0) is 19.1. The molecule has 8 heteroatoms. The Hall–Kier alpha value is -3.29. The molecule has 0 N–H and O–H groups in total. The fourth-order valence-electron chi connectivity index (χ4n) is 4.44. The molecule has 0 radical (unpaired) electrons. The first-order valence-corrected chi connectivity index (χ1v) is 9.46. The summed E-state index contributed by atoms with van der Waals surface area (Å²) >= 11 is 0. The Labute approximate surface area is 161 Å². The standard InChI is InChI=1S/C20H20N6O2/c27-19-3-1-2-18-17-8-15(11-26(18)19)9-24(12-17)20(28)16-6-4-14(5-7-16)10-25-13-21-22-23-25/h1-7,13,15,17H,8-12H2. The van der Waals surface area contributed by atoms with Crippen LogP contribution in [-0.4, -0.2) is 48.7 Å². The summed E-state index contributed by atoms with van der Waals surface area (Å²) in [4.78, 5) is 27.1. The molecular formula is C20H20N6O2. The number of nitrogens with zero attached hydrogens (tertiary/aromatic N) is 6. The van der Waals surface area contributed by atoms with E-state index in [4.69, 9.17) is 0 Å². The van der Waals surface area contributed by atoms with E-state index < -0.39 is 0 Å². The Balaban J connectivity index is 1.33. The lowest BCUT2D eigenvalue weighted by atomic mass is 9.83. The number of pyridine rings is 1. The van der Waals surface area contributed by atoms with Gasteiger partial charge in [0.15, 0.2) is 0 Å². The maximum atomic E-state index is 13.1. The molecule has 0 aliphatic carbocycles. The van der Waals surface area contributed by atoms with Gasteiger partial charge >= 0.3 is 0 Å². The largest absolute Gasteiger partial charge is 0.338 e. The number of hydrogen-bond donors (Lipinski definition) is 0. The average Bonchev–Trinajstić information content (AvgIpc) is 3.22. The quantitative estimate of drug-likeness (QED) is 0.684. The van der Waals surface area contributed by atoms with Crippen molar-refractivity contribution in [1.29, 1.82) is 0 Å². The lowest BCUT2D eigenvalue weighted by Gasteiger charge is -2.42. The fraction of sp³-hybridized carbons (Fsp3) is 0.350. The van der Waals surface area contributed by atoms with Gasteiger partial charge in [-0.05, 0) is 46.5 Å². The molecular weight excluding hydrogens is 356 g/mol. The molecule has 5 rings (SSSR count). The third-order valence-electron chi connectivity index (χ3n) is 5.70. The van der Waals surface area contributed by atoms with Gasteiger partial charge in [-0.25, -0.2) is 4.68 Å². The molecule has 0 saturated carbocycles. The summed E-state index contributed by atoms with van der Waals surface area (Å²) in [5.41, 5.74) is 2.83. The molecule has 2 aliphatic rings. The summed E-state index contributed by atoms with van der Waals surface area (Å²) in [5, 5.41) is 11.1. The van der Waals surface area contributed by atoms with E-state index in [0.717, 1.165) is 17.7 Å². The zero-order valence-corrected chi connectivity index (χ0v) is 15.3. The van der Waals surface area contributed by atoms with Gasteiger partial charge in [0, 0.05) is 42.9 Å². The molecule has 2 aromatic heterocycles. The second-order valence-corrected chi connectivity index (χ2v) is 7.61. The Morgan fingerprint density at radius 3 is 2.71 bits per heavy atom. The molecule has 1 amide bonds. The van der Waals surface area contributed by atoms with E-state index in [9.17, 15) is 9.59 Å². The van der Waals surface area contributed by atoms with Gasteiger partial charge in [-0.15, -0.1) is 5.10 Å². The number of amides is 1. The van der Waals surface area contributed by atoms with Crippen molar-refractivity contribution in [1.82, 2.24) is 29.7 Å². The minimum atomic E-state index is 0.0513. The Bertz CT molecular complexity index is 1060. The molecule has 1 fully saturated rings. The minimum absolute atomic E-state index is 0.0513. The van der Waals surface area contributed by atoms with Crippen molar-refractivity contribution in [2.75, 3.05) is 13.1 Å². The van der Waals surface area contributed by atoms with Crippen LogP contribution in [0.5, 0.6) is 0 Å². The van der Waals surface area contributed by atoms with Crippen LogP contribution < -0.4 is 5.56 Å². The van der Waals surface area contributed by atoms with Crippen molar-refractivity contribution < 1.29 is 4.79 Å². The number of piperidine rings is 1. The van der Waals surface area contributed by atoms with E-state index in [1.807, 2.05) is 45.9 Å². The average molecular weight is 376 g/mol. The van der Waals surface area contributed by atoms with Crippen LogP contribution in [0.1, 0.15) is 34.0 Å². The molecule has 8 nitrogen and oxygen atoms in total. The van der Waals surface area contributed by atoms with Crippen LogP contribution in [0.4, 0.5) is 0 Å². The Morgan fingerprint density at radius 1 is 1.07 bits per heavy atom. The van der Waals surface area contributed by atoms with Crippen LogP contribution >= 0.6 is 0 Å². The monoisotopic (exact) mass is 376 g/mol. The highest BCUT2D eigenvalue weighted by atomic mass is 16.2. The number of aromatic nitrogens is 5. The van der Waals surface area contributed by atoms with Gasteiger partial charge in [0.2, 0.25) is 0 Å². The fourth-order valence-corrected chi connectivity index (χ4v) is 4.44. The molecule has 28 heavy (non-hydrogen) atoms. The number of carbonyl (C=O) groups is 1. The number of fused-ring (bicyclic) bond motifs is 4. The number of hydrogen-bond acceptors (Lipinski definition) is 5. The number of tetrazole rings is 1. The van der Waals surface area contributed by atoms with E-state index in [-0.39, 0.29) is 17.4 Å². The number of likely N-dealkylation sites (tertiary alicyclic amines) is 1. The van der Waals surface area contributed by atoms with E-state index in [0.29, 0.717) is 37.7 Å². The van der Waals surface area contributed by atoms with Crippen molar-refractivity contribution in [3.63, 3.8) is 0 Å². The molecule has 2 unspecified atom stereocenters. The highest BCUT2D eigenvalue weighted by molar-refractivity contribution is 5.94. The van der Waals surface area contributed by atoms with E-state index in [2.05, 4.69) is 15.5 Å². The van der Waals surface area contributed by atoms with Crippen LogP contribution in [0.15, 0.2) is 53.6 Å². The molecule has 2 bridgehead atoms. The third kappa shape index (κ3) is 3.00. The van der Waals surface area contributed by atoms with Gasteiger partial charge in [0.25, 0.3) is 11.5 Å². The molecule has 2 aliphatic heterocycles. The maximum absolute atomic E-state index is 13.1. The molecule has 142 valence electrons. The molecule has 4 heterocycles. The first-order chi connectivity index (χ1) is 13.7. The predicted octanol–water partition coefficient (Wildman–Crippen LogP) is 1.14. The second-order valence-electron chi connectivity index (χ2n) is 7.61. The van der Waals surface area contributed by atoms with Crippen LogP contribution in [0.3, 0.4) is 0 Å². The first kappa shape index (κ1) is 16.9. The zero-order valence-electron chi connectivity index (χ0n) is 15.3. The smallest absolute Gasteiger partial charge is 0.253 e. The lowest BCUT2D eigenvalue weighted by molar-refractivity contribution is 0.0594. The molecule has 1 aromatic carbocycles. The molecule has 0 spiro atoms. The second kappa shape index (κ2) is 6.70. The summed E-state index contributed by atoms with van der Waals surface area (Å²) in [7, 11) is 0. The van der Waals surface area contributed by atoms with Crippen molar-refractivity contribution in [2.24, 2.45) is 5.92 Å². The summed E-state index contributed by atoms with van der Waals surface area (Å²) in [5.74, 6) is 0.606. The number of carbonyl (C=O) groups excluding carboxylic acids is 1. The highest BCUT2D eigenvalue weighted by Crippen LogP contribution is 2.35. The molecule has 3 aromatic rings. The Kier molecular flexibility index (Phi) is 4.03. The molecule has 1 saturated heterocycles. The normalized spacial score (nSPS) is 20.6. The van der Waals surface area contributed by atoms with Gasteiger partial charge in [-0.2, -0.15) is 0 Å². The van der Waals surface area contributed by atoms with E-state index >= 15 is 0 Å². The van der Waals surface area contributed by atoms with Gasteiger partial charge in [-0.1, -0.05) is 18.2 Å². The summed E-state index contributed by atoms with van der Waals surface area (Å²) in [6.07, 6.45) is 2.60. The number of benzene rings is 1. The number of rotatable bonds is 3. The summed E-state index contributed by atoms with van der Waals surface area (Å²) in [6.45, 7) is 2.62. The van der Waals surface area contributed by atoms with Gasteiger partial charge in [0.05, 0.1) is 6.54 Å². The Morgan fingerprint density at radius 2 is 1.93 bits per heavy atom. The SMILES string of the molecule is O=C(c1ccc(Cn2cnnn2)cc1)N1CC2CC(C1)c1cccc(=O)n1C2. The summed E-state index contributed by atoms with van der Waals surface area (Å²) < 4.78 is 3.52. The van der Waals surface area contributed by atoms with Crippen LogP contribution in [-0.2, 0) is 13.1 Å². The summed E-state index contributed by atoms with van der Waals surface area (Å²) in [6, 6.07) is 13.1. The van der Waals surface area contributed by atoms with Crippen molar-refractivity contribution in [3.8, 4) is 0 Å². The van der Waals surface area contributed by atoms with Crippen molar-refractivity contribution >= 4 is 5.91 Å². The van der Waals surface area contributed by atoms with Crippen LogP contribution in [0.25, 0.3) is 0 Å².